The van der Waals surface area contributed by atoms with Crippen LogP contribution in [0.1, 0.15) is 64.2 Å². The molecule has 0 aromatic carbocycles. The van der Waals surface area contributed by atoms with Crippen LogP contribution < -0.4 is 0 Å². The first-order chi connectivity index (χ1) is 26.4. The summed E-state index contributed by atoms with van der Waals surface area (Å²) in [6.07, 6.45) is -3.22. The normalized spacial score (nSPS) is 16.0. The van der Waals surface area contributed by atoms with E-state index in [4.69, 9.17) is 33.2 Å². The van der Waals surface area contributed by atoms with Crippen LogP contribution in [0.2, 0.25) is 0 Å². The Labute approximate surface area is 314 Å². The lowest BCUT2D eigenvalue weighted by Gasteiger charge is -2.33. The Morgan fingerprint density at radius 3 is 0.945 bits per heavy atom. The summed E-state index contributed by atoms with van der Waals surface area (Å²) in [5, 5.41) is 10.3. The van der Waals surface area contributed by atoms with Crippen molar-refractivity contribution in [3.63, 3.8) is 0 Å². The van der Waals surface area contributed by atoms with E-state index in [0.717, 1.165) is 0 Å². The van der Waals surface area contributed by atoms with Gasteiger partial charge in [-0.05, 0) is 6.42 Å². The number of carbonyl (C=O) groups excluding carboxylic acids is 9. The lowest BCUT2D eigenvalue weighted by molar-refractivity contribution is -0.177. The number of ether oxygens (including phenoxy) is 7. The summed E-state index contributed by atoms with van der Waals surface area (Å²) in [4.78, 5) is 119. The third kappa shape index (κ3) is 15.7. The number of aliphatic hydroxyl groups is 1. The van der Waals surface area contributed by atoms with Crippen LogP contribution in [0.25, 0.3) is 0 Å². The number of hydrogen-bond acceptors (Lipinski definition) is 20. The molecule has 0 aliphatic carbocycles. The predicted octanol–water partition coefficient (Wildman–Crippen LogP) is 0.244. The molecule has 0 saturated carbocycles. The van der Waals surface area contributed by atoms with Crippen molar-refractivity contribution in [2.24, 2.45) is 5.41 Å². The van der Waals surface area contributed by atoms with Gasteiger partial charge in [0, 0.05) is 90.8 Å². The van der Waals surface area contributed by atoms with E-state index in [-0.39, 0.29) is 137 Å². The molecule has 23 heteroatoms. The smallest absolute Gasteiger partial charge is 0.433 e. The first-order valence-corrected chi connectivity index (χ1v) is 17.5. The minimum atomic E-state index is -1.23. The standard InChI is InChI=1S/C32H45N3O20/c36-11-1-12-46-19-32(20-47-13-2-16-50-29(43)53-33-23(37)5-6-24(33)38,21-48-14-3-17-51-30(44)54-34-25(39)7-8-26(34)40)22-49-15-4-18-52-31(45)55-35-27(41)9-10-28(35)42/h36H,1-22H2. The van der Waals surface area contributed by atoms with Gasteiger partial charge in [-0.25, -0.2) is 14.4 Å². The van der Waals surface area contributed by atoms with E-state index in [1.54, 1.807) is 0 Å². The fourth-order valence-electron chi connectivity index (χ4n) is 4.80. The zero-order chi connectivity index (χ0) is 40.1. The monoisotopic (exact) mass is 791 g/mol. The van der Waals surface area contributed by atoms with Crippen LogP contribution in [0.15, 0.2) is 0 Å². The third-order valence-corrected chi connectivity index (χ3v) is 7.55. The zero-order valence-electron chi connectivity index (χ0n) is 30.1. The van der Waals surface area contributed by atoms with Crippen molar-refractivity contribution in [2.45, 2.75) is 64.2 Å². The molecular formula is C32H45N3O20. The lowest BCUT2D eigenvalue weighted by Crippen LogP contribution is -2.42. The molecule has 3 saturated heterocycles. The van der Waals surface area contributed by atoms with Gasteiger partial charge in [0.1, 0.15) is 0 Å². The first kappa shape index (κ1) is 44.4. The lowest BCUT2D eigenvalue weighted by atomic mass is 9.92. The van der Waals surface area contributed by atoms with E-state index in [9.17, 15) is 48.3 Å². The average molecular weight is 792 g/mol. The van der Waals surface area contributed by atoms with Crippen molar-refractivity contribution < 1.29 is 95.9 Å². The molecule has 0 bridgehead atoms. The Hall–Kier alpha value is -4.97. The molecule has 0 spiro atoms. The summed E-state index contributed by atoms with van der Waals surface area (Å²) in [6, 6.07) is 0. The van der Waals surface area contributed by atoms with E-state index in [0.29, 0.717) is 21.6 Å². The topological polar surface area (TPSA) is 276 Å². The van der Waals surface area contributed by atoms with Crippen LogP contribution in [0.3, 0.4) is 0 Å². The molecule has 3 heterocycles. The Bertz CT molecular complexity index is 1180. The van der Waals surface area contributed by atoms with Gasteiger partial charge in [-0.2, -0.15) is 0 Å². The maximum atomic E-state index is 11.9. The quantitative estimate of drug-likeness (QED) is 0.0532. The predicted molar refractivity (Wildman–Crippen MR) is 172 cm³/mol. The molecule has 0 radical (unpaired) electrons. The van der Waals surface area contributed by atoms with Gasteiger partial charge in [0.2, 0.25) is 0 Å². The van der Waals surface area contributed by atoms with Gasteiger partial charge in [0.25, 0.3) is 35.4 Å². The molecule has 3 fully saturated rings. The molecule has 23 nitrogen and oxygen atoms in total. The highest BCUT2D eigenvalue weighted by Gasteiger charge is 2.36. The van der Waals surface area contributed by atoms with Gasteiger partial charge in [0.05, 0.1) is 51.7 Å². The van der Waals surface area contributed by atoms with Crippen LogP contribution >= 0.6 is 0 Å². The molecule has 0 unspecified atom stereocenters. The molecule has 3 rings (SSSR count). The van der Waals surface area contributed by atoms with Crippen molar-refractivity contribution >= 4 is 53.9 Å². The second-order valence-electron chi connectivity index (χ2n) is 12.2. The van der Waals surface area contributed by atoms with E-state index in [1.165, 1.54) is 0 Å². The number of carbonyl (C=O) groups is 9. The molecule has 0 aromatic heterocycles. The van der Waals surface area contributed by atoms with Crippen molar-refractivity contribution in [1.82, 2.24) is 15.2 Å². The number of nitrogens with zero attached hydrogens (tertiary/aromatic N) is 3. The summed E-state index contributed by atoms with van der Waals surface area (Å²) in [7, 11) is 0. The maximum absolute atomic E-state index is 11.9. The number of aliphatic hydroxyl groups excluding tert-OH is 1. The first-order valence-electron chi connectivity index (χ1n) is 17.5. The highest BCUT2D eigenvalue weighted by Crippen LogP contribution is 2.22. The maximum Gasteiger partial charge on any atom is 0.533 e. The number of hydrogen-bond donors (Lipinski definition) is 1. The molecule has 3 aliphatic heterocycles. The highest BCUT2D eigenvalue weighted by atomic mass is 16.8. The molecule has 308 valence electrons. The largest absolute Gasteiger partial charge is 0.533 e. The molecule has 3 aliphatic rings. The van der Waals surface area contributed by atoms with Gasteiger partial charge < -0.3 is 38.3 Å². The minimum Gasteiger partial charge on any atom is -0.433 e. The average Bonchev–Trinajstić information content (AvgIpc) is 3.77. The van der Waals surface area contributed by atoms with Crippen molar-refractivity contribution in [1.29, 1.82) is 0 Å². The molecule has 0 atom stereocenters. The van der Waals surface area contributed by atoms with Gasteiger partial charge >= 0.3 is 18.5 Å². The summed E-state index contributed by atoms with van der Waals surface area (Å²) in [5.41, 5.74) is -0.974. The fourth-order valence-corrected chi connectivity index (χ4v) is 4.80. The van der Waals surface area contributed by atoms with E-state index in [1.807, 2.05) is 0 Å². The molecule has 1 N–H and O–H groups in total. The van der Waals surface area contributed by atoms with Crippen LogP contribution in [0.5, 0.6) is 0 Å². The summed E-state index contributed by atoms with van der Waals surface area (Å²) in [5.74, 6) is -3.93. The SMILES string of the molecule is O=C(OCCCOCC(COCCCO)(COCCCOC(=O)ON1C(=O)CCC1=O)COCCCOC(=O)ON1C(=O)CCC1=O)ON1C(=O)CCC1=O. The van der Waals surface area contributed by atoms with Crippen LogP contribution in [0, 0.1) is 5.41 Å². The number of imide groups is 3. The van der Waals surface area contributed by atoms with Gasteiger partial charge in [-0.15, -0.1) is 0 Å². The Balaban J connectivity index is 1.47. The summed E-state index contributed by atoms with van der Waals surface area (Å²) in [6.45, 7) is -0.313. The fraction of sp³-hybridized carbons (Fsp3) is 0.719. The van der Waals surface area contributed by atoms with Gasteiger partial charge in [-0.3, -0.25) is 43.3 Å². The Morgan fingerprint density at radius 2 is 0.691 bits per heavy atom. The molecular weight excluding hydrogens is 746 g/mol. The van der Waals surface area contributed by atoms with E-state index < -0.39 is 59.3 Å². The number of amides is 6. The highest BCUT2D eigenvalue weighted by molar-refractivity contribution is 6.02. The van der Waals surface area contributed by atoms with Crippen molar-refractivity contribution in [3.8, 4) is 0 Å². The van der Waals surface area contributed by atoms with E-state index >= 15 is 0 Å². The zero-order valence-corrected chi connectivity index (χ0v) is 30.1. The van der Waals surface area contributed by atoms with Crippen LogP contribution in [0.4, 0.5) is 14.4 Å². The van der Waals surface area contributed by atoms with E-state index in [2.05, 4.69) is 14.5 Å². The van der Waals surface area contributed by atoms with Crippen molar-refractivity contribution in [3.05, 3.63) is 0 Å². The Kier molecular flexibility index (Phi) is 19.2. The van der Waals surface area contributed by atoms with Gasteiger partial charge in [0.15, 0.2) is 0 Å². The second-order valence-corrected chi connectivity index (χ2v) is 12.2. The minimum absolute atomic E-state index is 0.0191. The molecule has 0 aromatic rings. The van der Waals surface area contributed by atoms with Crippen LogP contribution in [-0.2, 0) is 76.4 Å². The number of hydroxylamine groups is 6. The second kappa shape index (κ2) is 23.7. The van der Waals surface area contributed by atoms with Crippen LogP contribution in [-0.4, -0.2) is 153 Å². The Morgan fingerprint density at radius 1 is 0.436 bits per heavy atom. The molecule has 55 heavy (non-hydrogen) atoms. The van der Waals surface area contributed by atoms with Crippen molar-refractivity contribution in [2.75, 3.05) is 79.3 Å². The molecule has 6 amide bonds. The summed E-state index contributed by atoms with van der Waals surface area (Å²) < 4.78 is 38.1. The summed E-state index contributed by atoms with van der Waals surface area (Å²) >= 11 is 0. The number of rotatable bonds is 26. The van der Waals surface area contributed by atoms with Gasteiger partial charge in [-0.1, -0.05) is 15.2 Å². The third-order valence-electron chi connectivity index (χ3n) is 7.55.